The normalized spacial score (nSPS) is 11.7. The van der Waals surface area contributed by atoms with Crippen molar-refractivity contribution >= 4 is 54.5 Å². The van der Waals surface area contributed by atoms with E-state index >= 15 is 0 Å². The summed E-state index contributed by atoms with van der Waals surface area (Å²) in [5.41, 5.74) is 11.8. The maximum Gasteiger partial charge on any atom is 0.164 e. The molecule has 59 heavy (non-hydrogen) atoms. The van der Waals surface area contributed by atoms with Crippen LogP contribution in [0.3, 0.4) is 0 Å². The molecule has 0 aliphatic heterocycles. The highest BCUT2D eigenvalue weighted by atomic mass is 15.0. The smallest absolute Gasteiger partial charge is 0.164 e. The average molecular weight is 755 g/mol. The molecule has 6 nitrogen and oxygen atoms in total. The van der Waals surface area contributed by atoms with Gasteiger partial charge in [0, 0.05) is 66.9 Å². The molecule has 0 saturated carbocycles. The van der Waals surface area contributed by atoms with Gasteiger partial charge in [-0.15, -0.1) is 0 Å². The summed E-state index contributed by atoms with van der Waals surface area (Å²) in [5.74, 6) is 1.89. The summed E-state index contributed by atoms with van der Waals surface area (Å²) in [6.07, 6.45) is 2.17. The third-order valence-corrected chi connectivity index (χ3v) is 11.5. The summed E-state index contributed by atoms with van der Waals surface area (Å²) in [6, 6.07) is 70.6. The first kappa shape index (κ1) is 33.1. The van der Waals surface area contributed by atoms with Crippen LogP contribution in [0.25, 0.3) is 106 Å². The Morgan fingerprint density at radius 1 is 0.288 bits per heavy atom. The lowest BCUT2D eigenvalue weighted by Gasteiger charge is -2.12. The predicted molar refractivity (Wildman–Crippen MR) is 242 cm³/mol. The van der Waals surface area contributed by atoms with Crippen molar-refractivity contribution in [3.8, 4) is 51.2 Å². The lowest BCUT2D eigenvalue weighted by atomic mass is 10.1. The second-order valence-electron chi connectivity index (χ2n) is 14.9. The topological polar surface area (TPSA) is 53.5 Å². The zero-order chi connectivity index (χ0) is 38.9. The van der Waals surface area contributed by atoms with E-state index in [1.165, 1.54) is 32.4 Å². The molecule has 0 atom stereocenters. The molecular weight excluding hydrogens is 721 g/mol. The van der Waals surface area contributed by atoms with Crippen LogP contribution in [0.15, 0.2) is 206 Å². The van der Waals surface area contributed by atoms with Crippen LogP contribution < -0.4 is 0 Å². The number of hydrogen-bond acceptors (Lipinski definition) is 3. The molecule has 8 aromatic carbocycles. The Morgan fingerprint density at radius 2 is 0.780 bits per heavy atom. The Bertz CT molecular complexity index is 3470. The Labute approximate surface area is 339 Å². The molecule has 0 bridgehead atoms. The molecule has 276 valence electrons. The van der Waals surface area contributed by atoms with Crippen molar-refractivity contribution in [2.75, 3.05) is 0 Å². The molecule has 0 spiro atoms. The van der Waals surface area contributed by atoms with Crippen LogP contribution in [0.4, 0.5) is 0 Å². The van der Waals surface area contributed by atoms with Crippen LogP contribution in [0.5, 0.6) is 0 Å². The van der Waals surface area contributed by atoms with Crippen LogP contribution in [0.2, 0.25) is 0 Å². The van der Waals surface area contributed by atoms with Crippen LogP contribution in [0, 0.1) is 0 Å². The lowest BCUT2D eigenvalue weighted by molar-refractivity contribution is 1.07. The molecule has 0 unspecified atom stereocenters. The third kappa shape index (κ3) is 5.38. The molecule has 0 amide bonds. The Kier molecular flexibility index (Phi) is 7.43. The third-order valence-electron chi connectivity index (χ3n) is 11.5. The summed E-state index contributed by atoms with van der Waals surface area (Å²) in [6.45, 7) is 0. The fraction of sp³-hybridized carbons (Fsp3) is 0. The monoisotopic (exact) mass is 754 g/mol. The van der Waals surface area contributed by atoms with Gasteiger partial charge in [-0.05, 0) is 72.8 Å². The summed E-state index contributed by atoms with van der Waals surface area (Å²) in [7, 11) is 0. The maximum absolute atomic E-state index is 5.09. The molecule has 12 rings (SSSR count). The van der Waals surface area contributed by atoms with Gasteiger partial charge in [0.25, 0.3) is 0 Å². The standard InChI is InChI=1S/C53H34N6/c1-5-16-35(17-6-1)51-54-52(36-18-7-2-8-19-36)56-53(55-51)38-20-15-25-41(30-38)59-48-31-37-28-29-57(39-21-9-3-10-22-39)47(37)33-45(48)44-32-43-42-26-13-14-27-46(42)58(49(43)34-50(44)59)40-23-11-4-12-24-40/h1-34H. The van der Waals surface area contributed by atoms with E-state index in [0.29, 0.717) is 17.5 Å². The Morgan fingerprint density at radius 3 is 1.46 bits per heavy atom. The molecule has 4 heterocycles. The summed E-state index contributed by atoms with van der Waals surface area (Å²) in [5, 5.41) is 5.99. The number of benzene rings is 8. The first-order valence-electron chi connectivity index (χ1n) is 19.9. The van der Waals surface area contributed by atoms with Crippen LogP contribution in [-0.2, 0) is 0 Å². The van der Waals surface area contributed by atoms with E-state index in [1.807, 2.05) is 60.7 Å². The van der Waals surface area contributed by atoms with E-state index in [1.54, 1.807) is 0 Å². The van der Waals surface area contributed by atoms with Gasteiger partial charge < -0.3 is 13.7 Å². The number of aromatic nitrogens is 6. The van der Waals surface area contributed by atoms with E-state index in [4.69, 9.17) is 15.0 Å². The second-order valence-corrected chi connectivity index (χ2v) is 14.9. The van der Waals surface area contributed by atoms with Crippen molar-refractivity contribution in [3.05, 3.63) is 206 Å². The van der Waals surface area contributed by atoms with Gasteiger partial charge in [-0.2, -0.15) is 0 Å². The molecule has 0 aliphatic rings. The van der Waals surface area contributed by atoms with Gasteiger partial charge in [0.1, 0.15) is 0 Å². The van der Waals surface area contributed by atoms with Gasteiger partial charge >= 0.3 is 0 Å². The second kappa shape index (κ2) is 13.3. The van der Waals surface area contributed by atoms with Crippen molar-refractivity contribution in [2.45, 2.75) is 0 Å². The first-order valence-corrected chi connectivity index (χ1v) is 19.9. The van der Waals surface area contributed by atoms with Crippen molar-refractivity contribution in [3.63, 3.8) is 0 Å². The molecule has 0 fully saturated rings. The van der Waals surface area contributed by atoms with Gasteiger partial charge in [-0.1, -0.05) is 127 Å². The van der Waals surface area contributed by atoms with Gasteiger partial charge in [0.05, 0.1) is 27.6 Å². The molecule has 12 aromatic rings. The van der Waals surface area contributed by atoms with E-state index in [-0.39, 0.29) is 0 Å². The minimum Gasteiger partial charge on any atom is -0.317 e. The predicted octanol–water partition coefficient (Wildman–Crippen LogP) is 13.0. The average Bonchev–Trinajstić information content (AvgIpc) is 3.98. The van der Waals surface area contributed by atoms with Gasteiger partial charge in [0.2, 0.25) is 0 Å². The maximum atomic E-state index is 5.09. The van der Waals surface area contributed by atoms with Crippen molar-refractivity contribution < 1.29 is 0 Å². The zero-order valence-electron chi connectivity index (χ0n) is 31.8. The number of fused-ring (bicyclic) bond motifs is 7. The van der Waals surface area contributed by atoms with Crippen molar-refractivity contribution in [1.29, 1.82) is 0 Å². The van der Waals surface area contributed by atoms with Crippen LogP contribution in [0.1, 0.15) is 0 Å². The molecule has 0 saturated heterocycles. The molecule has 0 radical (unpaired) electrons. The number of hydrogen-bond donors (Lipinski definition) is 0. The molecule has 6 heteroatoms. The highest BCUT2D eigenvalue weighted by molar-refractivity contribution is 6.20. The summed E-state index contributed by atoms with van der Waals surface area (Å²) >= 11 is 0. The molecule has 4 aromatic heterocycles. The fourth-order valence-electron chi connectivity index (χ4n) is 8.77. The van der Waals surface area contributed by atoms with Crippen molar-refractivity contribution in [2.24, 2.45) is 0 Å². The van der Waals surface area contributed by atoms with E-state index in [2.05, 4.69) is 159 Å². The lowest BCUT2D eigenvalue weighted by Crippen LogP contribution is -2.01. The molecule has 0 aliphatic carbocycles. The largest absolute Gasteiger partial charge is 0.317 e. The quantitative estimate of drug-likeness (QED) is 0.170. The minimum atomic E-state index is 0.620. The van der Waals surface area contributed by atoms with E-state index in [9.17, 15) is 0 Å². The van der Waals surface area contributed by atoms with E-state index in [0.717, 1.165) is 55.8 Å². The Balaban J connectivity index is 1.14. The highest BCUT2D eigenvalue weighted by Gasteiger charge is 2.21. The Hall–Kier alpha value is -8.09. The minimum absolute atomic E-state index is 0.620. The number of para-hydroxylation sites is 3. The van der Waals surface area contributed by atoms with Crippen LogP contribution >= 0.6 is 0 Å². The summed E-state index contributed by atoms with van der Waals surface area (Å²) < 4.78 is 7.09. The van der Waals surface area contributed by atoms with Crippen molar-refractivity contribution in [1.82, 2.24) is 28.7 Å². The summed E-state index contributed by atoms with van der Waals surface area (Å²) in [4.78, 5) is 15.1. The van der Waals surface area contributed by atoms with Gasteiger partial charge in [-0.3, -0.25) is 0 Å². The number of rotatable bonds is 6. The number of nitrogens with zero attached hydrogens (tertiary/aromatic N) is 6. The zero-order valence-corrected chi connectivity index (χ0v) is 31.8. The molecule has 0 N–H and O–H groups in total. The first-order chi connectivity index (χ1) is 29.2. The molecular formula is C53H34N6. The SMILES string of the molecule is c1ccc(-c2nc(-c3ccccc3)nc(-c3cccc(-n4c5cc6ccn(-c7ccccc7)c6cc5c5cc6c7ccccc7n(-c7ccccc7)c6cc54)c3)n2)cc1. The fourth-order valence-corrected chi connectivity index (χ4v) is 8.77. The van der Waals surface area contributed by atoms with Gasteiger partial charge in [-0.25, -0.2) is 15.0 Å². The van der Waals surface area contributed by atoms with Crippen LogP contribution in [-0.4, -0.2) is 28.7 Å². The highest BCUT2D eigenvalue weighted by Crippen LogP contribution is 2.41. The van der Waals surface area contributed by atoms with Gasteiger partial charge in [0.15, 0.2) is 17.5 Å². The van der Waals surface area contributed by atoms with E-state index < -0.39 is 0 Å².